The van der Waals surface area contributed by atoms with Crippen molar-refractivity contribution in [1.82, 2.24) is 10.2 Å². The number of likely N-dealkylation sites (tertiary alicyclic amines) is 1. The predicted molar refractivity (Wildman–Crippen MR) is 137 cm³/mol. The van der Waals surface area contributed by atoms with Gasteiger partial charge in [0, 0.05) is 61.2 Å². The van der Waals surface area contributed by atoms with E-state index in [0.29, 0.717) is 24.6 Å². The van der Waals surface area contributed by atoms with Crippen LogP contribution in [0.3, 0.4) is 0 Å². The maximum atomic E-state index is 13.1. The summed E-state index contributed by atoms with van der Waals surface area (Å²) in [6.07, 6.45) is 8.49. The van der Waals surface area contributed by atoms with Crippen molar-refractivity contribution < 1.29 is 9.59 Å². The zero-order chi connectivity index (χ0) is 24.1. The Morgan fingerprint density at radius 1 is 1.00 bits per heavy atom. The van der Waals surface area contributed by atoms with Crippen LogP contribution >= 0.6 is 0 Å². The first kappa shape index (κ1) is 23.7. The fourth-order valence-electron chi connectivity index (χ4n) is 4.84. The smallest absolute Gasteiger partial charge is 0.253 e. The second-order valence-electron chi connectivity index (χ2n) is 9.42. The Morgan fingerprint density at radius 3 is 2.32 bits per heavy atom. The Labute approximate surface area is 201 Å². The largest absolute Gasteiger partial charge is 0.393 e. The third-order valence-electron chi connectivity index (χ3n) is 7.06. The molecule has 2 amide bonds. The standard InChI is InChI=1S/C28H34N4O2/c1-19-8-9-23(14-26(19)31-27(33)22-6-4-3-5-7-22)28(34)32-17-25(18-32)21-12-10-20(11-13-21)24(15-29)16-30-2/h8-16,22,25,29-30H,3-7,17-18H2,1-2H3,(H,31,33)/b24-16+,29-15?. The average molecular weight is 459 g/mol. The van der Waals surface area contributed by atoms with Gasteiger partial charge in [0.15, 0.2) is 0 Å². The molecule has 0 bridgehead atoms. The first-order valence-corrected chi connectivity index (χ1v) is 12.2. The van der Waals surface area contributed by atoms with Gasteiger partial charge in [-0.1, -0.05) is 49.6 Å². The first-order chi connectivity index (χ1) is 16.5. The van der Waals surface area contributed by atoms with Crippen molar-refractivity contribution in [1.29, 1.82) is 5.41 Å². The van der Waals surface area contributed by atoms with Gasteiger partial charge in [0.1, 0.15) is 0 Å². The van der Waals surface area contributed by atoms with Crippen LogP contribution in [0.4, 0.5) is 5.69 Å². The van der Waals surface area contributed by atoms with Crippen molar-refractivity contribution in [2.45, 2.75) is 44.9 Å². The number of benzene rings is 2. The molecule has 178 valence electrons. The van der Waals surface area contributed by atoms with Crippen LogP contribution in [0.5, 0.6) is 0 Å². The summed E-state index contributed by atoms with van der Waals surface area (Å²) in [5.74, 6) is 0.476. The average Bonchev–Trinajstić information content (AvgIpc) is 2.84. The Kier molecular flexibility index (Phi) is 7.46. The van der Waals surface area contributed by atoms with E-state index in [1.165, 1.54) is 18.2 Å². The van der Waals surface area contributed by atoms with Crippen molar-refractivity contribution in [2.75, 3.05) is 25.5 Å². The van der Waals surface area contributed by atoms with Crippen LogP contribution in [0.2, 0.25) is 0 Å². The van der Waals surface area contributed by atoms with E-state index in [9.17, 15) is 9.59 Å². The van der Waals surface area contributed by atoms with Crippen LogP contribution in [0.15, 0.2) is 48.7 Å². The van der Waals surface area contributed by atoms with Crippen molar-refractivity contribution in [3.8, 4) is 0 Å². The summed E-state index contributed by atoms with van der Waals surface area (Å²) in [5, 5.41) is 13.6. The molecule has 0 aromatic heterocycles. The van der Waals surface area contributed by atoms with Gasteiger partial charge in [-0.3, -0.25) is 9.59 Å². The van der Waals surface area contributed by atoms with Crippen LogP contribution in [-0.4, -0.2) is 43.1 Å². The zero-order valence-electron chi connectivity index (χ0n) is 20.1. The number of carbonyl (C=O) groups is 2. The molecule has 4 rings (SSSR count). The minimum atomic E-state index is 0.00378. The lowest BCUT2D eigenvalue weighted by molar-refractivity contribution is -0.120. The number of nitrogens with zero attached hydrogens (tertiary/aromatic N) is 1. The van der Waals surface area contributed by atoms with Gasteiger partial charge in [0.25, 0.3) is 5.91 Å². The minimum absolute atomic E-state index is 0.00378. The fraction of sp³-hybridized carbons (Fsp3) is 0.393. The second-order valence-corrected chi connectivity index (χ2v) is 9.42. The normalized spacial score (nSPS) is 17.1. The lowest BCUT2D eigenvalue weighted by Gasteiger charge is -2.39. The SMILES string of the molecule is CN/C=C(\C=N)c1ccc(C2CN(C(=O)c3ccc(C)c(NC(=O)C4CCCCC4)c3)C2)cc1. The van der Waals surface area contributed by atoms with Crippen LogP contribution in [-0.2, 0) is 4.79 Å². The minimum Gasteiger partial charge on any atom is -0.393 e. The second kappa shape index (κ2) is 10.7. The molecule has 2 fully saturated rings. The van der Waals surface area contributed by atoms with Crippen LogP contribution in [0, 0.1) is 18.3 Å². The number of nitrogens with one attached hydrogen (secondary N) is 3. The number of amides is 2. The Balaban J connectivity index is 1.37. The van der Waals surface area contributed by atoms with Gasteiger partial charge in [-0.05, 0) is 48.6 Å². The van der Waals surface area contributed by atoms with Gasteiger partial charge < -0.3 is 20.9 Å². The maximum Gasteiger partial charge on any atom is 0.253 e. The summed E-state index contributed by atoms with van der Waals surface area (Å²) in [6, 6.07) is 13.8. The highest BCUT2D eigenvalue weighted by Gasteiger charge is 2.32. The zero-order valence-corrected chi connectivity index (χ0v) is 20.1. The lowest BCUT2D eigenvalue weighted by Crippen LogP contribution is -2.48. The molecule has 1 aliphatic heterocycles. The molecule has 0 atom stereocenters. The highest BCUT2D eigenvalue weighted by atomic mass is 16.2. The van der Waals surface area contributed by atoms with E-state index in [1.54, 1.807) is 6.20 Å². The molecule has 6 nitrogen and oxygen atoms in total. The third-order valence-corrected chi connectivity index (χ3v) is 7.06. The van der Waals surface area contributed by atoms with Gasteiger partial charge in [-0.15, -0.1) is 0 Å². The van der Waals surface area contributed by atoms with Gasteiger partial charge >= 0.3 is 0 Å². The molecule has 1 saturated carbocycles. The van der Waals surface area contributed by atoms with E-state index >= 15 is 0 Å². The van der Waals surface area contributed by atoms with E-state index in [4.69, 9.17) is 5.41 Å². The molecule has 1 heterocycles. The number of hydrogen-bond acceptors (Lipinski definition) is 4. The molecule has 2 aromatic carbocycles. The van der Waals surface area contributed by atoms with Crippen LogP contribution < -0.4 is 10.6 Å². The summed E-state index contributed by atoms with van der Waals surface area (Å²) in [6.45, 7) is 3.32. The van der Waals surface area contributed by atoms with Crippen molar-refractivity contribution in [2.24, 2.45) is 5.92 Å². The molecular formula is C28H34N4O2. The van der Waals surface area contributed by atoms with Crippen LogP contribution in [0.1, 0.15) is 65.1 Å². The summed E-state index contributed by atoms with van der Waals surface area (Å²) < 4.78 is 0. The van der Waals surface area contributed by atoms with E-state index in [0.717, 1.165) is 48.1 Å². The van der Waals surface area contributed by atoms with E-state index in [1.807, 2.05) is 49.2 Å². The van der Waals surface area contributed by atoms with Gasteiger partial charge in [0.05, 0.1) is 0 Å². The molecule has 6 heteroatoms. The number of anilines is 1. The van der Waals surface area contributed by atoms with E-state index < -0.39 is 0 Å². The Bertz CT molecular complexity index is 1080. The fourth-order valence-corrected chi connectivity index (χ4v) is 4.84. The molecule has 0 radical (unpaired) electrons. The number of hydrogen-bond donors (Lipinski definition) is 3. The summed E-state index contributed by atoms with van der Waals surface area (Å²) in [7, 11) is 1.82. The number of rotatable bonds is 7. The van der Waals surface area contributed by atoms with Crippen molar-refractivity contribution in [3.63, 3.8) is 0 Å². The summed E-state index contributed by atoms with van der Waals surface area (Å²) in [4.78, 5) is 27.6. The Morgan fingerprint density at radius 2 is 1.68 bits per heavy atom. The number of aryl methyl sites for hydroxylation is 1. The number of carbonyl (C=O) groups excluding carboxylic acids is 2. The summed E-state index contributed by atoms with van der Waals surface area (Å²) in [5.41, 5.74) is 5.34. The quantitative estimate of drug-likeness (QED) is 0.513. The molecular weight excluding hydrogens is 424 g/mol. The maximum absolute atomic E-state index is 13.1. The van der Waals surface area contributed by atoms with Crippen molar-refractivity contribution >= 4 is 29.3 Å². The highest BCUT2D eigenvalue weighted by molar-refractivity contribution is 6.08. The Hall–Kier alpha value is -3.41. The molecule has 0 spiro atoms. The first-order valence-electron chi connectivity index (χ1n) is 12.2. The molecule has 34 heavy (non-hydrogen) atoms. The van der Waals surface area contributed by atoms with Crippen LogP contribution in [0.25, 0.3) is 5.57 Å². The molecule has 0 unspecified atom stereocenters. The third kappa shape index (κ3) is 5.22. The van der Waals surface area contributed by atoms with Gasteiger partial charge in [-0.25, -0.2) is 0 Å². The van der Waals surface area contributed by atoms with E-state index in [-0.39, 0.29) is 17.7 Å². The monoisotopic (exact) mass is 458 g/mol. The van der Waals surface area contributed by atoms with E-state index in [2.05, 4.69) is 22.8 Å². The topological polar surface area (TPSA) is 85.3 Å². The van der Waals surface area contributed by atoms with Gasteiger partial charge in [0.2, 0.25) is 5.91 Å². The molecule has 3 N–H and O–H groups in total. The number of allylic oxidation sites excluding steroid dienone is 1. The van der Waals surface area contributed by atoms with Crippen molar-refractivity contribution in [3.05, 3.63) is 70.9 Å². The molecule has 1 aliphatic carbocycles. The summed E-state index contributed by atoms with van der Waals surface area (Å²) >= 11 is 0. The lowest BCUT2D eigenvalue weighted by atomic mass is 9.88. The predicted octanol–water partition coefficient (Wildman–Crippen LogP) is 4.96. The molecule has 2 aromatic rings. The highest BCUT2D eigenvalue weighted by Crippen LogP contribution is 2.31. The van der Waals surface area contributed by atoms with Gasteiger partial charge in [-0.2, -0.15) is 0 Å². The molecule has 1 saturated heterocycles. The molecule has 2 aliphatic rings.